The fraction of sp³-hybridized carbons (Fsp3) is 0.692. The fourth-order valence-electron chi connectivity index (χ4n) is 1.71. The number of nitrogens with zero attached hydrogens (tertiary/aromatic N) is 2. The molecule has 114 valence electrons. The summed E-state index contributed by atoms with van der Waals surface area (Å²) < 4.78 is 1.36. The lowest BCUT2D eigenvalue weighted by molar-refractivity contribution is 0.0997. The number of halogens is 1. The second-order valence-corrected chi connectivity index (χ2v) is 6.78. The molecular formula is C13H22ClN3O2S. The molecule has 7 heteroatoms. The largest absolute Gasteiger partial charge is 0.387 e. The molecule has 1 atom stereocenters. The molecule has 1 aromatic heterocycles. The molecule has 0 aliphatic heterocycles. The molecule has 1 heterocycles. The Labute approximate surface area is 128 Å². The zero-order valence-corrected chi connectivity index (χ0v) is 13.9. The molecule has 0 aromatic carbocycles. The van der Waals surface area contributed by atoms with E-state index < -0.39 is 5.60 Å². The highest BCUT2D eigenvalue weighted by Crippen LogP contribution is 2.18. The van der Waals surface area contributed by atoms with Crippen LogP contribution in [-0.4, -0.2) is 39.0 Å². The normalized spacial score (nSPS) is 14.3. The molecule has 0 aliphatic rings. The van der Waals surface area contributed by atoms with E-state index in [9.17, 15) is 9.90 Å². The van der Waals surface area contributed by atoms with Crippen molar-refractivity contribution in [2.75, 3.05) is 23.9 Å². The first kappa shape index (κ1) is 17.3. The second-order valence-electron chi connectivity index (χ2n) is 5.54. The van der Waals surface area contributed by atoms with Gasteiger partial charge in [-0.05, 0) is 19.1 Å². The molecule has 0 bridgehead atoms. The van der Waals surface area contributed by atoms with E-state index in [0.717, 1.165) is 0 Å². The summed E-state index contributed by atoms with van der Waals surface area (Å²) in [5.41, 5.74) is -0.719. The molecule has 0 aliphatic carbocycles. The van der Waals surface area contributed by atoms with Crippen LogP contribution >= 0.6 is 23.4 Å². The summed E-state index contributed by atoms with van der Waals surface area (Å²) >= 11 is 7.62. The van der Waals surface area contributed by atoms with Crippen LogP contribution in [0.4, 0.5) is 5.69 Å². The minimum Gasteiger partial charge on any atom is -0.387 e. The fourth-order valence-corrected chi connectivity index (χ4v) is 2.65. The summed E-state index contributed by atoms with van der Waals surface area (Å²) in [5.74, 6) is 0.910. The topological polar surface area (TPSA) is 67.2 Å². The van der Waals surface area contributed by atoms with E-state index in [1.165, 1.54) is 10.9 Å². The molecule has 0 radical (unpaired) electrons. The smallest absolute Gasteiger partial charge is 0.287 e. The first-order valence-corrected chi connectivity index (χ1v) is 8.25. The van der Waals surface area contributed by atoms with Crippen LogP contribution in [0.1, 0.15) is 20.8 Å². The minimum absolute atomic E-state index is 0.112. The SMILES string of the molecule is CSCC(C)(O)CNc1cnn(CC(C)C)c(=O)c1Cl. The highest BCUT2D eigenvalue weighted by Gasteiger charge is 2.20. The van der Waals surface area contributed by atoms with Crippen molar-refractivity contribution in [1.29, 1.82) is 0 Å². The molecular weight excluding hydrogens is 298 g/mol. The number of aromatic nitrogens is 2. The quantitative estimate of drug-likeness (QED) is 0.805. The van der Waals surface area contributed by atoms with Crippen molar-refractivity contribution in [1.82, 2.24) is 9.78 Å². The first-order valence-electron chi connectivity index (χ1n) is 6.47. The van der Waals surface area contributed by atoms with Gasteiger partial charge < -0.3 is 10.4 Å². The van der Waals surface area contributed by atoms with Gasteiger partial charge in [0.15, 0.2) is 0 Å². The van der Waals surface area contributed by atoms with Crippen LogP contribution in [0.5, 0.6) is 0 Å². The lowest BCUT2D eigenvalue weighted by atomic mass is 10.1. The third-order valence-electron chi connectivity index (χ3n) is 2.64. The summed E-state index contributed by atoms with van der Waals surface area (Å²) in [6, 6.07) is 0. The lowest BCUT2D eigenvalue weighted by Crippen LogP contribution is -2.36. The second kappa shape index (κ2) is 7.33. The number of anilines is 1. The predicted molar refractivity (Wildman–Crippen MR) is 85.8 cm³/mol. The van der Waals surface area contributed by atoms with Crippen LogP contribution in [0, 0.1) is 5.92 Å². The number of thioether (sulfide) groups is 1. The van der Waals surface area contributed by atoms with E-state index in [-0.39, 0.29) is 10.6 Å². The van der Waals surface area contributed by atoms with Gasteiger partial charge in [0.25, 0.3) is 5.56 Å². The minimum atomic E-state index is -0.866. The molecule has 1 rings (SSSR count). The Morgan fingerprint density at radius 2 is 2.25 bits per heavy atom. The number of hydrogen-bond donors (Lipinski definition) is 2. The molecule has 0 saturated carbocycles. The van der Waals surface area contributed by atoms with Crippen molar-refractivity contribution in [3.8, 4) is 0 Å². The molecule has 0 spiro atoms. The monoisotopic (exact) mass is 319 g/mol. The number of nitrogens with one attached hydrogen (secondary N) is 1. The molecule has 5 nitrogen and oxygen atoms in total. The van der Waals surface area contributed by atoms with E-state index >= 15 is 0 Å². The third kappa shape index (κ3) is 5.00. The molecule has 20 heavy (non-hydrogen) atoms. The van der Waals surface area contributed by atoms with Crippen molar-refractivity contribution in [3.05, 3.63) is 21.6 Å². The van der Waals surface area contributed by atoms with Crippen LogP contribution in [0.3, 0.4) is 0 Å². The van der Waals surface area contributed by atoms with Crippen LogP contribution in [0.25, 0.3) is 0 Å². The van der Waals surface area contributed by atoms with Gasteiger partial charge in [-0.3, -0.25) is 4.79 Å². The van der Waals surface area contributed by atoms with Gasteiger partial charge in [-0.1, -0.05) is 25.4 Å². The van der Waals surface area contributed by atoms with Crippen molar-refractivity contribution in [2.24, 2.45) is 5.92 Å². The summed E-state index contributed by atoms with van der Waals surface area (Å²) in [6.45, 7) is 6.59. The molecule has 0 fully saturated rings. The summed E-state index contributed by atoms with van der Waals surface area (Å²) in [5, 5.41) is 17.3. The van der Waals surface area contributed by atoms with Gasteiger partial charge in [0.05, 0.1) is 17.5 Å². The van der Waals surface area contributed by atoms with Crippen LogP contribution in [0.15, 0.2) is 11.0 Å². The van der Waals surface area contributed by atoms with Crippen molar-refractivity contribution in [3.63, 3.8) is 0 Å². The summed E-state index contributed by atoms with van der Waals surface area (Å²) in [7, 11) is 0. The van der Waals surface area contributed by atoms with Crippen LogP contribution in [0.2, 0.25) is 5.02 Å². The van der Waals surface area contributed by atoms with E-state index in [4.69, 9.17) is 11.6 Å². The van der Waals surface area contributed by atoms with Gasteiger partial charge in [-0.2, -0.15) is 16.9 Å². The maximum absolute atomic E-state index is 12.0. The Morgan fingerprint density at radius 3 is 2.80 bits per heavy atom. The third-order valence-corrected chi connectivity index (χ3v) is 3.91. The average Bonchev–Trinajstić information content (AvgIpc) is 2.33. The Morgan fingerprint density at radius 1 is 1.60 bits per heavy atom. The number of aliphatic hydroxyl groups is 1. The van der Waals surface area contributed by atoms with Gasteiger partial charge in [0.1, 0.15) is 5.02 Å². The van der Waals surface area contributed by atoms with Crippen molar-refractivity contribution < 1.29 is 5.11 Å². The van der Waals surface area contributed by atoms with Crippen molar-refractivity contribution in [2.45, 2.75) is 32.9 Å². The van der Waals surface area contributed by atoms with Crippen LogP contribution in [-0.2, 0) is 6.54 Å². The maximum Gasteiger partial charge on any atom is 0.287 e. The Kier molecular flexibility index (Phi) is 6.36. The van der Waals surface area contributed by atoms with Crippen LogP contribution < -0.4 is 10.9 Å². The highest BCUT2D eigenvalue weighted by molar-refractivity contribution is 7.98. The Hall–Kier alpha value is -0.720. The first-order chi connectivity index (χ1) is 9.26. The molecule has 1 aromatic rings. The highest BCUT2D eigenvalue weighted by atomic mass is 35.5. The van der Waals surface area contributed by atoms with Gasteiger partial charge in [-0.15, -0.1) is 0 Å². The summed E-state index contributed by atoms with van der Waals surface area (Å²) in [6.07, 6.45) is 3.46. The zero-order valence-electron chi connectivity index (χ0n) is 12.3. The zero-order chi connectivity index (χ0) is 15.3. The molecule has 2 N–H and O–H groups in total. The standard InChI is InChI=1S/C13H22ClN3O2S/c1-9(2)6-17-12(18)11(14)10(5-16-17)15-7-13(3,19)8-20-4/h5,9,15,19H,6-8H2,1-4H3. The molecule has 0 amide bonds. The summed E-state index contributed by atoms with van der Waals surface area (Å²) in [4.78, 5) is 12.0. The van der Waals surface area contributed by atoms with E-state index in [2.05, 4.69) is 10.4 Å². The predicted octanol–water partition coefficient (Wildman–Crippen LogP) is 2.08. The van der Waals surface area contributed by atoms with E-state index in [0.29, 0.717) is 30.4 Å². The molecule has 1 unspecified atom stereocenters. The Bertz CT molecular complexity index is 503. The number of hydrogen-bond acceptors (Lipinski definition) is 5. The molecule has 0 saturated heterocycles. The van der Waals surface area contributed by atoms with E-state index in [1.807, 2.05) is 20.1 Å². The average molecular weight is 320 g/mol. The Balaban J connectivity index is 2.83. The van der Waals surface area contributed by atoms with Gasteiger partial charge in [0, 0.05) is 18.8 Å². The van der Waals surface area contributed by atoms with Crippen molar-refractivity contribution >= 4 is 29.1 Å². The number of rotatable bonds is 7. The van der Waals surface area contributed by atoms with E-state index in [1.54, 1.807) is 18.7 Å². The van der Waals surface area contributed by atoms with Gasteiger partial charge in [0.2, 0.25) is 0 Å². The van der Waals surface area contributed by atoms with Gasteiger partial charge >= 0.3 is 0 Å². The maximum atomic E-state index is 12.0. The lowest BCUT2D eigenvalue weighted by Gasteiger charge is -2.23. The van der Waals surface area contributed by atoms with Gasteiger partial charge in [-0.25, -0.2) is 4.68 Å².